The number of nitrogens with one attached hydrogen (secondary N) is 1. The minimum absolute atomic E-state index is 0.00705. The molecule has 1 atom stereocenters. The molecule has 2 aliphatic rings. The number of thioether (sulfide) groups is 1. The predicted octanol–water partition coefficient (Wildman–Crippen LogP) is 2.59. The molecular formula is C20H26N4O3S. The Hall–Kier alpha value is -2.35. The number of benzene rings is 1. The lowest BCUT2D eigenvalue weighted by molar-refractivity contribution is -0.121. The molecular weight excluding hydrogens is 376 g/mol. The van der Waals surface area contributed by atoms with Gasteiger partial charge in [0.15, 0.2) is 5.17 Å². The summed E-state index contributed by atoms with van der Waals surface area (Å²) in [5.41, 5.74) is 1.13. The largest absolute Gasteiger partial charge is 0.352 e. The maximum Gasteiger partial charge on any atom is 0.262 e. The Morgan fingerprint density at radius 1 is 1.25 bits per heavy atom. The van der Waals surface area contributed by atoms with Crippen molar-refractivity contribution >= 4 is 40.3 Å². The molecule has 1 saturated heterocycles. The number of aliphatic imine (C=N–C) groups is 1. The molecule has 7 nitrogen and oxygen atoms in total. The summed E-state index contributed by atoms with van der Waals surface area (Å²) in [6.07, 6.45) is 2.13. The first kappa shape index (κ1) is 20.4. The van der Waals surface area contributed by atoms with Crippen LogP contribution in [0, 0.1) is 0 Å². The number of hydrogen-bond acceptors (Lipinski definition) is 5. The van der Waals surface area contributed by atoms with Crippen molar-refractivity contribution in [2.45, 2.75) is 38.4 Å². The lowest BCUT2D eigenvalue weighted by atomic mass is 10.1. The molecule has 3 rings (SSSR count). The van der Waals surface area contributed by atoms with Gasteiger partial charge in [0, 0.05) is 43.9 Å². The molecule has 1 N–H and O–H groups in total. The van der Waals surface area contributed by atoms with E-state index in [0.717, 1.165) is 39.0 Å². The van der Waals surface area contributed by atoms with Gasteiger partial charge >= 0.3 is 0 Å². The van der Waals surface area contributed by atoms with Crippen molar-refractivity contribution in [2.24, 2.45) is 4.99 Å². The van der Waals surface area contributed by atoms with Gasteiger partial charge in [-0.25, -0.2) is 0 Å². The van der Waals surface area contributed by atoms with Gasteiger partial charge in [-0.15, -0.1) is 0 Å². The van der Waals surface area contributed by atoms with Crippen molar-refractivity contribution < 1.29 is 14.4 Å². The summed E-state index contributed by atoms with van der Waals surface area (Å²) in [7, 11) is 0. The van der Waals surface area contributed by atoms with E-state index in [9.17, 15) is 14.4 Å². The Balaban J connectivity index is 1.57. The average Bonchev–Trinajstić information content (AvgIpc) is 3.33. The number of likely N-dealkylation sites (tertiary alicyclic amines) is 1. The zero-order valence-electron chi connectivity index (χ0n) is 16.3. The van der Waals surface area contributed by atoms with Gasteiger partial charge in [-0.2, -0.15) is 4.99 Å². The first-order valence-corrected chi connectivity index (χ1v) is 10.6. The molecule has 0 aromatic heterocycles. The average molecular weight is 403 g/mol. The van der Waals surface area contributed by atoms with Crippen molar-refractivity contribution in [3.05, 3.63) is 29.8 Å². The Kier molecular flexibility index (Phi) is 6.72. The minimum atomic E-state index is -0.495. The maximum absolute atomic E-state index is 12.5. The fourth-order valence-electron chi connectivity index (χ4n) is 3.35. The number of amidine groups is 1. The van der Waals surface area contributed by atoms with Crippen molar-refractivity contribution in [3.63, 3.8) is 0 Å². The topological polar surface area (TPSA) is 82.1 Å². The third kappa shape index (κ3) is 4.73. The number of hydrogen-bond donors (Lipinski definition) is 1. The van der Waals surface area contributed by atoms with Crippen LogP contribution in [0.15, 0.2) is 29.3 Å². The van der Waals surface area contributed by atoms with E-state index in [1.165, 1.54) is 11.8 Å². The molecule has 2 aliphatic heterocycles. The van der Waals surface area contributed by atoms with E-state index in [4.69, 9.17) is 0 Å². The van der Waals surface area contributed by atoms with Crippen LogP contribution in [0.5, 0.6) is 0 Å². The summed E-state index contributed by atoms with van der Waals surface area (Å²) < 4.78 is 0. The standard InChI is InChI=1S/C20H26N4O3S/c1-3-23(4-2)20-22-18(26)16(28-20)13-17(25)21-15-9-7-8-14(12-15)19(27)24-10-5-6-11-24/h7-9,12,16H,3-6,10-11,13H2,1-2H3,(H,21,25)/t16-/m0/s1. The van der Waals surface area contributed by atoms with E-state index >= 15 is 0 Å². The Labute approximate surface area is 169 Å². The van der Waals surface area contributed by atoms with E-state index in [1.807, 2.05) is 23.6 Å². The van der Waals surface area contributed by atoms with Gasteiger partial charge in [-0.3, -0.25) is 14.4 Å². The lowest BCUT2D eigenvalue weighted by Gasteiger charge is -2.19. The van der Waals surface area contributed by atoms with E-state index in [0.29, 0.717) is 16.4 Å². The predicted molar refractivity (Wildman–Crippen MR) is 112 cm³/mol. The van der Waals surface area contributed by atoms with Crippen molar-refractivity contribution in [1.82, 2.24) is 9.80 Å². The monoisotopic (exact) mass is 402 g/mol. The molecule has 150 valence electrons. The summed E-state index contributed by atoms with van der Waals surface area (Å²) >= 11 is 1.34. The highest BCUT2D eigenvalue weighted by molar-refractivity contribution is 8.15. The van der Waals surface area contributed by atoms with Gasteiger partial charge in [0.05, 0.1) is 0 Å². The fourth-order valence-corrected chi connectivity index (χ4v) is 4.54. The quantitative estimate of drug-likeness (QED) is 0.791. The Morgan fingerprint density at radius 2 is 1.96 bits per heavy atom. The van der Waals surface area contributed by atoms with Crippen LogP contribution in [0.25, 0.3) is 0 Å². The van der Waals surface area contributed by atoms with Gasteiger partial charge in [0.25, 0.3) is 11.8 Å². The zero-order valence-corrected chi connectivity index (χ0v) is 17.1. The van der Waals surface area contributed by atoms with E-state index in [-0.39, 0.29) is 24.1 Å². The normalized spacial score (nSPS) is 18.9. The minimum Gasteiger partial charge on any atom is -0.352 e. The van der Waals surface area contributed by atoms with Crippen molar-refractivity contribution in [3.8, 4) is 0 Å². The number of anilines is 1. The zero-order chi connectivity index (χ0) is 20.1. The highest BCUT2D eigenvalue weighted by Crippen LogP contribution is 2.27. The molecule has 0 aliphatic carbocycles. The van der Waals surface area contributed by atoms with E-state index in [2.05, 4.69) is 10.3 Å². The van der Waals surface area contributed by atoms with Gasteiger partial charge in [0.2, 0.25) is 5.91 Å². The van der Waals surface area contributed by atoms with Crippen LogP contribution in [-0.4, -0.2) is 64.1 Å². The molecule has 2 heterocycles. The first-order valence-electron chi connectivity index (χ1n) is 9.75. The molecule has 0 radical (unpaired) electrons. The first-order chi connectivity index (χ1) is 13.5. The smallest absolute Gasteiger partial charge is 0.262 e. The second kappa shape index (κ2) is 9.23. The van der Waals surface area contributed by atoms with Gasteiger partial charge < -0.3 is 15.1 Å². The van der Waals surface area contributed by atoms with E-state index in [1.54, 1.807) is 24.3 Å². The molecule has 28 heavy (non-hydrogen) atoms. The third-order valence-corrected chi connectivity index (χ3v) is 6.13. The molecule has 0 saturated carbocycles. The summed E-state index contributed by atoms with van der Waals surface area (Å²) in [6.45, 7) is 7.12. The van der Waals surface area contributed by atoms with Crippen LogP contribution < -0.4 is 5.32 Å². The molecule has 0 spiro atoms. The number of carbonyl (C=O) groups is 3. The molecule has 0 bridgehead atoms. The summed E-state index contributed by atoms with van der Waals surface area (Å²) in [6, 6.07) is 6.97. The molecule has 0 unspecified atom stereocenters. The van der Waals surface area contributed by atoms with Crippen LogP contribution in [0.4, 0.5) is 5.69 Å². The number of carbonyl (C=O) groups excluding carboxylic acids is 3. The second-order valence-electron chi connectivity index (χ2n) is 6.84. The highest BCUT2D eigenvalue weighted by atomic mass is 32.2. The Morgan fingerprint density at radius 3 is 2.64 bits per heavy atom. The van der Waals surface area contributed by atoms with Gasteiger partial charge in [0.1, 0.15) is 5.25 Å². The van der Waals surface area contributed by atoms with Gasteiger partial charge in [-0.1, -0.05) is 17.8 Å². The molecule has 3 amide bonds. The van der Waals surface area contributed by atoms with Crippen LogP contribution in [0.1, 0.15) is 43.5 Å². The number of rotatable bonds is 6. The third-order valence-electron chi connectivity index (χ3n) is 4.92. The SMILES string of the molecule is CCN(CC)C1=NC(=O)[C@H](CC(=O)Nc2cccc(C(=O)N3CCCC3)c2)S1. The summed E-state index contributed by atoms with van der Waals surface area (Å²) in [5, 5.41) is 3.00. The summed E-state index contributed by atoms with van der Waals surface area (Å²) in [5.74, 6) is -0.528. The molecule has 1 aromatic carbocycles. The number of amides is 3. The van der Waals surface area contributed by atoms with Crippen LogP contribution in [-0.2, 0) is 9.59 Å². The van der Waals surface area contributed by atoms with Crippen molar-refractivity contribution in [1.29, 1.82) is 0 Å². The molecule has 1 fully saturated rings. The fraction of sp³-hybridized carbons (Fsp3) is 0.500. The number of nitrogens with zero attached hydrogens (tertiary/aromatic N) is 3. The highest BCUT2D eigenvalue weighted by Gasteiger charge is 2.32. The van der Waals surface area contributed by atoms with Crippen LogP contribution >= 0.6 is 11.8 Å². The second-order valence-corrected chi connectivity index (χ2v) is 8.01. The maximum atomic E-state index is 12.5. The Bertz CT molecular complexity index is 785. The van der Waals surface area contributed by atoms with Crippen LogP contribution in [0.3, 0.4) is 0 Å². The van der Waals surface area contributed by atoms with Crippen molar-refractivity contribution in [2.75, 3.05) is 31.5 Å². The summed E-state index contributed by atoms with van der Waals surface area (Å²) in [4.78, 5) is 45.0. The van der Waals surface area contributed by atoms with E-state index < -0.39 is 5.25 Å². The lowest BCUT2D eigenvalue weighted by Crippen LogP contribution is -2.28. The van der Waals surface area contributed by atoms with Crippen LogP contribution in [0.2, 0.25) is 0 Å². The van der Waals surface area contributed by atoms with Gasteiger partial charge in [-0.05, 0) is 44.9 Å². The molecule has 1 aromatic rings. The molecule has 8 heteroatoms.